The number of nitrogens with zero attached hydrogens (tertiary/aromatic N) is 4. The average molecular weight is 231 g/mol. The molecule has 5 heteroatoms. The smallest absolute Gasteiger partial charge is 0.178 e. The molecule has 0 unspecified atom stereocenters. The number of nitrogens with one attached hydrogen (secondary N) is 1. The zero-order chi connectivity index (χ0) is 12.1. The zero-order valence-corrected chi connectivity index (χ0v) is 10.2. The number of hydrogen-bond donors (Lipinski definition) is 1. The van der Waals surface area contributed by atoms with Gasteiger partial charge in [0.15, 0.2) is 5.82 Å². The minimum atomic E-state index is 0.723. The molecule has 2 aromatic heterocycles. The molecule has 0 aliphatic carbocycles. The van der Waals surface area contributed by atoms with Crippen LogP contribution in [0.3, 0.4) is 0 Å². The lowest BCUT2D eigenvalue weighted by atomic mass is 10.3. The molecule has 0 bridgehead atoms. The summed E-state index contributed by atoms with van der Waals surface area (Å²) in [5, 5.41) is 3.33. The van der Waals surface area contributed by atoms with Crippen LogP contribution >= 0.6 is 0 Å². The molecule has 5 nitrogen and oxygen atoms in total. The van der Waals surface area contributed by atoms with E-state index in [9.17, 15) is 0 Å². The van der Waals surface area contributed by atoms with E-state index in [1.165, 1.54) is 0 Å². The van der Waals surface area contributed by atoms with Crippen molar-refractivity contribution in [1.29, 1.82) is 0 Å². The van der Waals surface area contributed by atoms with E-state index in [4.69, 9.17) is 0 Å². The summed E-state index contributed by atoms with van der Waals surface area (Å²) in [5.74, 6) is 0.723. The van der Waals surface area contributed by atoms with Gasteiger partial charge in [0, 0.05) is 19.8 Å². The lowest BCUT2D eigenvalue weighted by molar-refractivity contribution is 0.663. The molecule has 0 atom stereocenters. The minimum Gasteiger partial charge on any atom is -0.331 e. The van der Waals surface area contributed by atoms with Gasteiger partial charge >= 0.3 is 0 Å². The topological polar surface area (TPSA) is 55.6 Å². The Morgan fingerprint density at radius 3 is 3.00 bits per heavy atom. The van der Waals surface area contributed by atoms with Crippen molar-refractivity contribution in [2.24, 2.45) is 7.05 Å². The van der Waals surface area contributed by atoms with Crippen molar-refractivity contribution >= 4 is 0 Å². The molecule has 17 heavy (non-hydrogen) atoms. The number of aryl methyl sites for hydroxylation is 1. The molecule has 2 rings (SSSR count). The van der Waals surface area contributed by atoms with E-state index in [0.717, 1.165) is 36.7 Å². The Kier molecular flexibility index (Phi) is 3.82. The monoisotopic (exact) mass is 231 g/mol. The molecule has 0 aliphatic heterocycles. The second-order valence-electron chi connectivity index (χ2n) is 3.94. The number of hydrogen-bond acceptors (Lipinski definition) is 4. The summed E-state index contributed by atoms with van der Waals surface area (Å²) >= 11 is 0. The summed E-state index contributed by atoms with van der Waals surface area (Å²) in [6.07, 6.45) is 6.44. The van der Waals surface area contributed by atoms with Gasteiger partial charge in [-0.2, -0.15) is 0 Å². The largest absolute Gasteiger partial charge is 0.331 e. The van der Waals surface area contributed by atoms with Gasteiger partial charge in [0.05, 0.1) is 18.2 Å². The Balaban J connectivity index is 2.14. The van der Waals surface area contributed by atoms with E-state index < -0.39 is 0 Å². The van der Waals surface area contributed by atoms with Crippen LogP contribution in [-0.4, -0.2) is 26.1 Å². The van der Waals surface area contributed by atoms with Gasteiger partial charge in [-0.15, -0.1) is 0 Å². The molecule has 0 spiro atoms. The van der Waals surface area contributed by atoms with Crippen molar-refractivity contribution in [2.75, 3.05) is 6.54 Å². The highest BCUT2D eigenvalue weighted by molar-refractivity contribution is 5.47. The maximum Gasteiger partial charge on any atom is 0.178 e. The van der Waals surface area contributed by atoms with Gasteiger partial charge in [-0.3, -0.25) is 0 Å². The Hall–Kier alpha value is -1.75. The van der Waals surface area contributed by atoms with Gasteiger partial charge < -0.3 is 9.88 Å². The summed E-state index contributed by atoms with van der Waals surface area (Å²) < 4.78 is 1.92. The third-order valence-electron chi connectivity index (χ3n) is 2.49. The quantitative estimate of drug-likeness (QED) is 0.790. The van der Waals surface area contributed by atoms with Crippen LogP contribution in [-0.2, 0) is 13.6 Å². The van der Waals surface area contributed by atoms with Crippen LogP contribution in [0.1, 0.15) is 19.0 Å². The second kappa shape index (κ2) is 5.54. The number of imidazole rings is 1. The van der Waals surface area contributed by atoms with E-state index in [1.54, 1.807) is 18.7 Å². The van der Waals surface area contributed by atoms with Gasteiger partial charge in [0.1, 0.15) is 5.69 Å². The molecular formula is C12H17N5. The van der Waals surface area contributed by atoms with Crippen LogP contribution in [0, 0.1) is 0 Å². The highest BCUT2D eigenvalue weighted by Crippen LogP contribution is 2.12. The first-order valence-electron chi connectivity index (χ1n) is 5.80. The Morgan fingerprint density at radius 2 is 2.29 bits per heavy atom. The Morgan fingerprint density at radius 1 is 1.41 bits per heavy atom. The van der Waals surface area contributed by atoms with E-state index in [2.05, 4.69) is 27.2 Å². The zero-order valence-electron chi connectivity index (χ0n) is 10.2. The third-order valence-corrected chi connectivity index (χ3v) is 2.49. The molecule has 2 heterocycles. The van der Waals surface area contributed by atoms with Crippen LogP contribution in [0.5, 0.6) is 0 Å². The van der Waals surface area contributed by atoms with Crippen molar-refractivity contribution in [3.05, 3.63) is 30.5 Å². The van der Waals surface area contributed by atoms with Crippen molar-refractivity contribution in [1.82, 2.24) is 24.8 Å². The molecule has 90 valence electrons. The molecule has 0 saturated carbocycles. The van der Waals surface area contributed by atoms with Crippen LogP contribution in [0.25, 0.3) is 11.5 Å². The summed E-state index contributed by atoms with van der Waals surface area (Å²) in [7, 11) is 1.94. The first-order chi connectivity index (χ1) is 8.31. The van der Waals surface area contributed by atoms with E-state index in [-0.39, 0.29) is 0 Å². The Bertz CT molecular complexity index is 477. The van der Waals surface area contributed by atoms with Crippen LogP contribution in [0.2, 0.25) is 0 Å². The fraction of sp³-hybridized carbons (Fsp3) is 0.417. The highest BCUT2D eigenvalue weighted by atomic mass is 15.1. The lowest BCUT2D eigenvalue weighted by Gasteiger charge is -2.05. The summed E-state index contributed by atoms with van der Waals surface area (Å²) in [5.41, 5.74) is 1.94. The average Bonchev–Trinajstić information content (AvgIpc) is 2.76. The van der Waals surface area contributed by atoms with Crippen LogP contribution in [0.4, 0.5) is 0 Å². The van der Waals surface area contributed by atoms with Crippen molar-refractivity contribution in [3.63, 3.8) is 0 Å². The first kappa shape index (κ1) is 11.7. The number of rotatable bonds is 5. The highest BCUT2D eigenvalue weighted by Gasteiger charge is 2.06. The maximum atomic E-state index is 4.51. The molecule has 0 radical (unpaired) electrons. The van der Waals surface area contributed by atoms with E-state index in [0.29, 0.717) is 0 Å². The van der Waals surface area contributed by atoms with Gasteiger partial charge in [0.2, 0.25) is 0 Å². The Labute approximate surface area is 101 Å². The number of aromatic nitrogens is 4. The molecule has 0 aliphatic rings. The molecule has 2 aromatic rings. The summed E-state index contributed by atoms with van der Waals surface area (Å²) in [6.45, 7) is 3.93. The van der Waals surface area contributed by atoms with Crippen LogP contribution in [0.15, 0.2) is 24.8 Å². The van der Waals surface area contributed by atoms with Gasteiger partial charge in [-0.1, -0.05) is 6.92 Å². The predicted molar refractivity (Wildman–Crippen MR) is 66.2 cm³/mol. The van der Waals surface area contributed by atoms with Gasteiger partial charge in [-0.05, 0) is 19.0 Å². The third kappa shape index (κ3) is 2.88. The standard InChI is InChI=1S/C12H17N5/c1-3-5-13-7-10-4-6-15-12(16-10)11-8-14-9-17(11)2/h4,6,8-9,13H,3,5,7H2,1-2H3. The van der Waals surface area contributed by atoms with E-state index >= 15 is 0 Å². The van der Waals surface area contributed by atoms with E-state index in [1.807, 2.05) is 17.7 Å². The van der Waals surface area contributed by atoms with Crippen molar-refractivity contribution < 1.29 is 0 Å². The normalized spacial score (nSPS) is 10.7. The fourth-order valence-electron chi connectivity index (χ4n) is 1.58. The van der Waals surface area contributed by atoms with Crippen LogP contribution < -0.4 is 5.32 Å². The molecule has 0 saturated heterocycles. The SMILES string of the molecule is CCCNCc1ccnc(-c2cncn2C)n1. The molecule has 0 amide bonds. The second-order valence-corrected chi connectivity index (χ2v) is 3.94. The molecule has 0 fully saturated rings. The van der Waals surface area contributed by atoms with Crippen molar-refractivity contribution in [2.45, 2.75) is 19.9 Å². The molecular weight excluding hydrogens is 214 g/mol. The van der Waals surface area contributed by atoms with Crippen molar-refractivity contribution in [3.8, 4) is 11.5 Å². The molecule has 0 aromatic carbocycles. The van der Waals surface area contributed by atoms with Gasteiger partial charge in [0.25, 0.3) is 0 Å². The molecule has 1 N–H and O–H groups in total. The van der Waals surface area contributed by atoms with Gasteiger partial charge in [-0.25, -0.2) is 15.0 Å². The summed E-state index contributed by atoms with van der Waals surface area (Å²) in [6, 6.07) is 1.93. The first-order valence-corrected chi connectivity index (χ1v) is 5.80. The minimum absolute atomic E-state index is 0.723. The summed E-state index contributed by atoms with van der Waals surface area (Å²) in [4.78, 5) is 12.9. The fourth-order valence-corrected chi connectivity index (χ4v) is 1.58. The lowest BCUT2D eigenvalue weighted by Crippen LogP contribution is -2.15. The maximum absolute atomic E-state index is 4.51. The predicted octanol–water partition coefficient (Wildman–Crippen LogP) is 1.38.